The summed E-state index contributed by atoms with van der Waals surface area (Å²) in [5.74, 6) is -1.61. The van der Waals surface area contributed by atoms with Crippen molar-refractivity contribution in [3.05, 3.63) is 0 Å². The molecule has 21 heavy (non-hydrogen) atoms. The fourth-order valence-electron chi connectivity index (χ4n) is 2.46. The van der Waals surface area contributed by atoms with Crippen molar-refractivity contribution in [3.63, 3.8) is 0 Å². The molecular weight excluding hydrogens is 274 g/mol. The molecule has 0 bridgehead atoms. The van der Waals surface area contributed by atoms with E-state index < -0.39 is 11.9 Å². The Hall–Kier alpha value is -1.79. The summed E-state index contributed by atoms with van der Waals surface area (Å²) in [6.45, 7) is 4.93. The van der Waals surface area contributed by atoms with Gasteiger partial charge in [0.1, 0.15) is 6.54 Å². The average molecular weight is 299 g/mol. The van der Waals surface area contributed by atoms with Gasteiger partial charge in [-0.1, -0.05) is 13.8 Å². The molecule has 0 aromatic carbocycles. The number of amides is 3. The Morgan fingerprint density at radius 1 is 1.24 bits per heavy atom. The van der Waals surface area contributed by atoms with Crippen molar-refractivity contribution >= 4 is 17.9 Å². The third-order valence-electron chi connectivity index (χ3n) is 3.79. The van der Waals surface area contributed by atoms with Crippen LogP contribution in [0.5, 0.6) is 0 Å². The average Bonchev–Trinajstić information content (AvgIpc) is 2.79. The number of nitrogens with zero attached hydrogens (tertiary/aromatic N) is 3. The molecule has 3 amide bonds. The van der Waals surface area contributed by atoms with Gasteiger partial charge in [-0.3, -0.25) is 9.59 Å². The van der Waals surface area contributed by atoms with E-state index in [1.807, 2.05) is 13.8 Å². The first-order valence-corrected chi connectivity index (χ1v) is 7.24. The molecule has 2 atom stereocenters. The van der Waals surface area contributed by atoms with E-state index in [4.69, 9.17) is 5.11 Å². The third-order valence-corrected chi connectivity index (χ3v) is 3.79. The van der Waals surface area contributed by atoms with Crippen molar-refractivity contribution in [1.82, 2.24) is 14.7 Å². The molecule has 0 aliphatic carbocycles. The molecule has 7 heteroatoms. The van der Waals surface area contributed by atoms with Crippen LogP contribution in [-0.4, -0.2) is 78.0 Å². The molecule has 1 N–H and O–H groups in total. The second-order valence-corrected chi connectivity index (χ2v) is 5.82. The van der Waals surface area contributed by atoms with Gasteiger partial charge in [0.25, 0.3) is 0 Å². The predicted molar refractivity (Wildman–Crippen MR) is 77.8 cm³/mol. The lowest BCUT2D eigenvalue weighted by Gasteiger charge is -2.28. The van der Waals surface area contributed by atoms with Crippen molar-refractivity contribution in [3.8, 4) is 0 Å². The van der Waals surface area contributed by atoms with E-state index in [-0.39, 0.29) is 30.9 Å². The van der Waals surface area contributed by atoms with E-state index in [9.17, 15) is 14.4 Å². The van der Waals surface area contributed by atoms with Gasteiger partial charge in [0.05, 0.1) is 5.92 Å². The number of likely N-dealkylation sites (tertiary alicyclic amines) is 1. The smallest absolute Gasteiger partial charge is 0.320 e. The zero-order valence-electron chi connectivity index (χ0n) is 13.2. The second-order valence-electron chi connectivity index (χ2n) is 5.82. The number of hydrogen-bond acceptors (Lipinski definition) is 3. The van der Waals surface area contributed by atoms with Gasteiger partial charge in [-0.25, -0.2) is 4.79 Å². The molecule has 1 rings (SSSR count). The van der Waals surface area contributed by atoms with Gasteiger partial charge in [0.2, 0.25) is 5.91 Å². The highest BCUT2D eigenvalue weighted by molar-refractivity contribution is 5.84. The molecule has 0 radical (unpaired) electrons. The van der Waals surface area contributed by atoms with E-state index in [1.54, 1.807) is 19.0 Å². The van der Waals surface area contributed by atoms with Crippen LogP contribution in [0, 0.1) is 11.8 Å². The minimum absolute atomic E-state index is 0.0301. The molecule has 2 unspecified atom stereocenters. The lowest BCUT2D eigenvalue weighted by atomic mass is 9.99. The Balaban J connectivity index is 2.73. The van der Waals surface area contributed by atoms with Gasteiger partial charge in [-0.15, -0.1) is 0 Å². The maximum Gasteiger partial charge on any atom is 0.320 e. The summed E-state index contributed by atoms with van der Waals surface area (Å²) in [4.78, 5) is 39.9. The van der Waals surface area contributed by atoms with Crippen LogP contribution in [0.2, 0.25) is 0 Å². The first-order chi connectivity index (χ1) is 9.77. The van der Waals surface area contributed by atoms with Crippen LogP contribution in [0.15, 0.2) is 0 Å². The topological polar surface area (TPSA) is 81.2 Å². The number of rotatable bonds is 5. The molecule has 120 valence electrons. The Morgan fingerprint density at radius 3 is 2.29 bits per heavy atom. The van der Waals surface area contributed by atoms with Crippen LogP contribution in [0.3, 0.4) is 0 Å². The quantitative estimate of drug-likeness (QED) is 0.804. The zero-order valence-corrected chi connectivity index (χ0v) is 13.2. The van der Waals surface area contributed by atoms with Crippen molar-refractivity contribution in [2.75, 3.05) is 40.3 Å². The largest absolute Gasteiger partial charge is 0.481 e. The van der Waals surface area contributed by atoms with Crippen LogP contribution in [0.4, 0.5) is 4.79 Å². The van der Waals surface area contributed by atoms with E-state index in [0.29, 0.717) is 13.1 Å². The minimum atomic E-state index is -0.871. The second kappa shape index (κ2) is 7.28. The SMILES string of the molecule is CCCN(CC(=O)N(C)C)C(=O)N1CC(C)C(C(=O)O)C1. The fraction of sp³-hybridized carbons (Fsp3) is 0.786. The molecule has 0 aromatic rings. The Kier molecular flexibility index (Phi) is 5.99. The summed E-state index contributed by atoms with van der Waals surface area (Å²) in [6, 6.07) is -0.248. The summed E-state index contributed by atoms with van der Waals surface area (Å²) in [5, 5.41) is 9.13. The third kappa shape index (κ3) is 4.34. The molecule has 7 nitrogen and oxygen atoms in total. The number of urea groups is 1. The van der Waals surface area contributed by atoms with Crippen LogP contribution >= 0.6 is 0 Å². The summed E-state index contributed by atoms with van der Waals surface area (Å²) < 4.78 is 0. The van der Waals surface area contributed by atoms with E-state index >= 15 is 0 Å². The number of carbonyl (C=O) groups excluding carboxylic acids is 2. The van der Waals surface area contributed by atoms with Gasteiger partial charge in [0.15, 0.2) is 0 Å². The number of carboxylic acid groups (broad SMARTS) is 1. The highest BCUT2D eigenvalue weighted by Gasteiger charge is 2.38. The Bertz CT molecular complexity index is 411. The Morgan fingerprint density at radius 2 is 1.86 bits per heavy atom. The number of aliphatic carboxylic acids is 1. The van der Waals surface area contributed by atoms with Crippen molar-refractivity contribution in [2.45, 2.75) is 20.3 Å². The van der Waals surface area contributed by atoms with E-state index in [1.165, 1.54) is 9.80 Å². The molecule has 0 aromatic heterocycles. The molecule has 1 fully saturated rings. The molecule has 1 aliphatic heterocycles. The lowest BCUT2D eigenvalue weighted by molar-refractivity contribution is -0.142. The van der Waals surface area contributed by atoms with Crippen molar-refractivity contribution in [1.29, 1.82) is 0 Å². The maximum atomic E-state index is 12.5. The normalized spacial score (nSPS) is 21.2. The first kappa shape index (κ1) is 17.3. The molecule has 1 saturated heterocycles. The summed E-state index contributed by atoms with van der Waals surface area (Å²) in [7, 11) is 3.30. The minimum Gasteiger partial charge on any atom is -0.481 e. The molecule has 0 saturated carbocycles. The van der Waals surface area contributed by atoms with Gasteiger partial charge < -0.3 is 19.8 Å². The van der Waals surface area contributed by atoms with Crippen LogP contribution < -0.4 is 0 Å². The fourth-order valence-corrected chi connectivity index (χ4v) is 2.46. The highest BCUT2D eigenvalue weighted by Crippen LogP contribution is 2.24. The summed E-state index contributed by atoms with van der Waals surface area (Å²) >= 11 is 0. The van der Waals surface area contributed by atoms with Gasteiger partial charge in [0, 0.05) is 33.7 Å². The summed E-state index contributed by atoms with van der Waals surface area (Å²) in [6.07, 6.45) is 0.748. The van der Waals surface area contributed by atoms with E-state index in [2.05, 4.69) is 0 Å². The van der Waals surface area contributed by atoms with Crippen molar-refractivity contribution in [2.24, 2.45) is 11.8 Å². The number of hydrogen-bond donors (Lipinski definition) is 1. The number of likely N-dealkylation sites (N-methyl/N-ethyl adjacent to an activating group) is 1. The monoisotopic (exact) mass is 299 g/mol. The molecule has 0 spiro atoms. The molecule has 1 aliphatic rings. The van der Waals surface area contributed by atoms with Gasteiger partial charge in [-0.05, 0) is 12.3 Å². The van der Waals surface area contributed by atoms with Crippen LogP contribution in [0.1, 0.15) is 20.3 Å². The first-order valence-electron chi connectivity index (χ1n) is 7.24. The predicted octanol–water partition coefficient (Wildman–Crippen LogP) is 0.559. The van der Waals surface area contributed by atoms with Gasteiger partial charge in [-0.2, -0.15) is 0 Å². The molecule has 1 heterocycles. The maximum absolute atomic E-state index is 12.5. The van der Waals surface area contributed by atoms with Crippen LogP contribution in [0.25, 0.3) is 0 Å². The van der Waals surface area contributed by atoms with Crippen molar-refractivity contribution < 1.29 is 19.5 Å². The number of carboxylic acids is 1. The standard InChI is InChI=1S/C14H25N3O4/c1-5-6-16(9-12(18)15(3)4)14(21)17-7-10(2)11(8-17)13(19)20/h10-11H,5-9H2,1-4H3,(H,19,20). The number of carbonyl (C=O) groups is 3. The lowest BCUT2D eigenvalue weighted by Crippen LogP contribution is -2.47. The van der Waals surface area contributed by atoms with Crippen LogP contribution in [-0.2, 0) is 9.59 Å². The zero-order chi connectivity index (χ0) is 16.2. The highest BCUT2D eigenvalue weighted by atomic mass is 16.4. The van der Waals surface area contributed by atoms with E-state index in [0.717, 1.165) is 6.42 Å². The Labute approximate surface area is 125 Å². The molecular formula is C14H25N3O4. The van der Waals surface area contributed by atoms with Gasteiger partial charge >= 0.3 is 12.0 Å². The summed E-state index contributed by atoms with van der Waals surface area (Å²) in [5.41, 5.74) is 0.